The SMILES string of the molecule is CCC1N=C(Nc2ccccc2)N(Cc2ccccc2)C1=O. The molecule has 4 nitrogen and oxygen atoms in total. The van der Waals surface area contributed by atoms with Gasteiger partial charge in [-0.2, -0.15) is 0 Å². The van der Waals surface area contributed by atoms with E-state index in [2.05, 4.69) is 10.3 Å². The molecule has 0 spiro atoms. The molecule has 0 aliphatic carbocycles. The highest BCUT2D eigenvalue weighted by Crippen LogP contribution is 2.19. The van der Waals surface area contributed by atoms with Crippen molar-refractivity contribution in [2.24, 2.45) is 4.99 Å². The van der Waals surface area contributed by atoms with Crippen LogP contribution in [0.2, 0.25) is 0 Å². The Hall–Kier alpha value is -2.62. The highest BCUT2D eigenvalue weighted by atomic mass is 16.2. The Labute approximate surface area is 130 Å². The maximum Gasteiger partial charge on any atom is 0.254 e. The molecule has 0 radical (unpaired) electrons. The fourth-order valence-electron chi connectivity index (χ4n) is 2.49. The number of anilines is 1. The van der Waals surface area contributed by atoms with Crippen LogP contribution in [0.3, 0.4) is 0 Å². The second-order valence-electron chi connectivity index (χ2n) is 5.28. The molecule has 3 rings (SSSR count). The van der Waals surface area contributed by atoms with Crippen molar-refractivity contribution in [1.82, 2.24) is 4.90 Å². The van der Waals surface area contributed by atoms with Gasteiger partial charge >= 0.3 is 0 Å². The van der Waals surface area contributed by atoms with Crippen molar-refractivity contribution in [3.63, 3.8) is 0 Å². The summed E-state index contributed by atoms with van der Waals surface area (Å²) in [5.41, 5.74) is 2.03. The predicted molar refractivity (Wildman–Crippen MR) is 88.6 cm³/mol. The summed E-state index contributed by atoms with van der Waals surface area (Å²) in [6.07, 6.45) is 0.712. The van der Waals surface area contributed by atoms with Crippen molar-refractivity contribution < 1.29 is 4.79 Å². The molecule has 22 heavy (non-hydrogen) atoms. The lowest BCUT2D eigenvalue weighted by atomic mass is 10.2. The molecule has 1 aliphatic rings. The minimum Gasteiger partial charge on any atom is -0.326 e. The molecule has 4 heteroatoms. The largest absolute Gasteiger partial charge is 0.326 e. The summed E-state index contributed by atoms with van der Waals surface area (Å²) in [6.45, 7) is 2.52. The topological polar surface area (TPSA) is 44.7 Å². The molecule has 2 aromatic carbocycles. The van der Waals surface area contributed by atoms with Gasteiger partial charge in [0.2, 0.25) is 5.96 Å². The van der Waals surface area contributed by atoms with Gasteiger partial charge in [-0.1, -0.05) is 55.5 Å². The van der Waals surface area contributed by atoms with E-state index in [1.165, 1.54) is 0 Å². The summed E-state index contributed by atoms with van der Waals surface area (Å²) >= 11 is 0. The molecule has 0 fully saturated rings. The van der Waals surface area contributed by atoms with E-state index in [0.29, 0.717) is 18.9 Å². The first-order valence-corrected chi connectivity index (χ1v) is 7.53. The van der Waals surface area contributed by atoms with Crippen LogP contribution in [0.4, 0.5) is 5.69 Å². The van der Waals surface area contributed by atoms with Crippen LogP contribution in [0, 0.1) is 0 Å². The lowest BCUT2D eigenvalue weighted by molar-refractivity contribution is -0.127. The summed E-state index contributed by atoms with van der Waals surface area (Å²) in [5, 5.41) is 3.26. The smallest absolute Gasteiger partial charge is 0.254 e. The number of amides is 1. The molecular weight excluding hydrogens is 274 g/mol. The van der Waals surface area contributed by atoms with E-state index in [9.17, 15) is 4.79 Å². The molecule has 1 unspecified atom stereocenters. The third-order valence-electron chi connectivity index (χ3n) is 3.69. The number of nitrogens with one attached hydrogen (secondary N) is 1. The molecule has 0 aromatic heterocycles. The first kappa shape index (κ1) is 14.3. The molecule has 1 atom stereocenters. The molecule has 2 aromatic rings. The van der Waals surface area contributed by atoms with Gasteiger partial charge in [0.25, 0.3) is 5.91 Å². The number of carbonyl (C=O) groups excluding carboxylic acids is 1. The van der Waals surface area contributed by atoms with Gasteiger partial charge in [-0.25, -0.2) is 4.99 Å². The number of hydrogen-bond acceptors (Lipinski definition) is 3. The Morgan fingerprint density at radius 3 is 2.32 bits per heavy atom. The second kappa shape index (κ2) is 6.43. The Bertz CT molecular complexity index is 667. The number of para-hydroxylation sites is 1. The minimum absolute atomic E-state index is 0.0600. The van der Waals surface area contributed by atoms with Crippen LogP contribution in [0.5, 0.6) is 0 Å². The van der Waals surface area contributed by atoms with Gasteiger partial charge in [-0.15, -0.1) is 0 Å². The van der Waals surface area contributed by atoms with Crippen LogP contribution in [-0.2, 0) is 11.3 Å². The van der Waals surface area contributed by atoms with Crippen molar-refractivity contribution in [3.8, 4) is 0 Å². The van der Waals surface area contributed by atoms with Crippen molar-refractivity contribution in [3.05, 3.63) is 66.2 Å². The highest BCUT2D eigenvalue weighted by Gasteiger charge is 2.33. The monoisotopic (exact) mass is 293 g/mol. The first-order chi connectivity index (χ1) is 10.8. The van der Waals surface area contributed by atoms with E-state index in [0.717, 1.165) is 11.3 Å². The van der Waals surface area contributed by atoms with Gasteiger partial charge in [0, 0.05) is 5.69 Å². The number of hydrogen-bond donors (Lipinski definition) is 1. The average molecular weight is 293 g/mol. The highest BCUT2D eigenvalue weighted by molar-refractivity contribution is 6.10. The van der Waals surface area contributed by atoms with Crippen LogP contribution in [-0.4, -0.2) is 22.8 Å². The zero-order valence-corrected chi connectivity index (χ0v) is 12.6. The quantitative estimate of drug-likeness (QED) is 0.940. The van der Waals surface area contributed by atoms with Crippen LogP contribution >= 0.6 is 0 Å². The third kappa shape index (κ3) is 3.01. The van der Waals surface area contributed by atoms with Crippen molar-refractivity contribution in [1.29, 1.82) is 0 Å². The second-order valence-corrected chi connectivity index (χ2v) is 5.28. The van der Waals surface area contributed by atoms with E-state index in [-0.39, 0.29) is 11.9 Å². The van der Waals surface area contributed by atoms with E-state index in [1.54, 1.807) is 4.90 Å². The Kier molecular flexibility index (Phi) is 4.19. The van der Waals surface area contributed by atoms with Gasteiger partial charge in [0.1, 0.15) is 6.04 Å². The van der Waals surface area contributed by atoms with E-state index in [4.69, 9.17) is 0 Å². The fraction of sp³-hybridized carbons (Fsp3) is 0.222. The van der Waals surface area contributed by atoms with Crippen LogP contribution < -0.4 is 5.32 Å². The molecule has 1 heterocycles. The van der Waals surface area contributed by atoms with Gasteiger partial charge in [0.15, 0.2) is 0 Å². The average Bonchev–Trinajstić information content (AvgIpc) is 2.85. The zero-order valence-electron chi connectivity index (χ0n) is 12.6. The van der Waals surface area contributed by atoms with Crippen LogP contribution in [0.15, 0.2) is 65.7 Å². The van der Waals surface area contributed by atoms with Gasteiger partial charge < -0.3 is 5.32 Å². The van der Waals surface area contributed by atoms with Gasteiger partial charge in [0.05, 0.1) is 6.54 Å². The van der Waals surface area contributed by atoms with E-state index >= 15 is 0 Å². The van der Waals surface area contributed by atoms with Crippen molar-refractivity contribution >= 4 is 17.6 Å². The maximum absolute atomic E-state index is 12.5. The molecule has 1 aliphatic heterocycles. The minimum atomic E-state index is -0.282. The molecular formula is C18H19N3O. The van der Waals surface area contributed by atoms with Crippen molar-refractivity contribution in [2.75, 3.05) is 5.32 Å². The number of aliphatic imine (C=N–C) groups is 1. The summed E-state index contributed by atoms with van der Waals surface area (Å²) in [5.74, 6) is 0.691. The van der Waals surface area contributed by atoms with E-state index in [1.807, 2.05) is 67.6 Å². The summed E-state index contributed by atoms with van der Waals surface area (Å²) in [7, 11) is 0. The van der Waals surface area contributed by atoms with Gasteiger partial charge in [-0.3, -0.25) is 9.69 Å². The maximum atomic E-state index is 12.5. The van der Waals surface area contributed by atoms with Crippen molar-refractivity contribution in [2.45, 2.75) is 25.9 Å². The Morgan fingerprint density at radius 2 is 1.68 bits per heavy atom. The number of benzene rings is 2. The lowest BCUT2D eigenvalue weighted by Gasteiger charge is -2.20. The molecule has 1 amide bonds. The third-order valence-corrected chi connectivity index (χ3v) is 3.69. The zero-order chi connectivity index (χ0) is 15.4. The fourth-order valence-corrected chi connectivity index (χ4v) is 2.49. The molecule has 1 N–H and O–H groups in total. The summed E-state index contributed by atoms with van der Waals surface area (Å²) in [6, 6.07) is 19.5. The summed E-state index contributed by atoms with van der Waals surface area (Å²) < 4.78 is 0. The lowest BCUT2D eigenvalue weighted by Crippen LogP contribution is -2.37. The molecule has 0 saturated carbocycles. The van der Waals surface area contributed by atoms with Crippen LogP contribution in [0.25, 0.3) is 0 Å². The predicted octanol–water partition coefficient (Wildman–Crippen LogP) is 3.28. The molecule has 0 saturated heterocycles. The number of guanidine groups is 1. The van der Waals surface area contributed by atoms with E-state index < -0.39 is 0 Å². The van der Waals surface area contributed by atoms with Gasteiger partial charge in [-0.05, 0) is 24.1 Å². The van der Waals surface area contributed by atoms with Crippen LogP contribution in [0.1, 0.15) is 18.9 Å². The normalized spacial score (nSPS) is 17.5. The summed E-state index contributed by atoms with van der Waals surface area (Å²) in [4.78, 5) is 18.8. The Morgan fingerprint density at radius 1 is 1.05 bits per heavy atom. The molecule has 0 bridgehead atoms. The number of rotatable bonds is 4. The Balaban J connectivity index is 1.82. The standard InChI is InChI=1S/C18H19N3O/c1-2-16-17(22)21(13-14-9-5-3-6-10-14)18(20-16)19-15-11-7-4-8-12-15/h3-12,16H,2,13H2,1H3,(H,19,20). The first-order valence-electron chi connectivity index (χ1n) is 7.53. The number of carbonyl (C=O) groups is 1. The number of nitrogens with zero attached hydrogens (tertiary/aromatic N) is 2. The molecule has 112 valence electrons.